The average Bonchev–Trinajstić information content (AvgIpc) is 3.56. The zero-order valence-electron chi connectivity index (χ0n) is 21.8. The van der Waals surface area contributed by atoms with Crippen molar-refractivity contribution in [2.75, 3.05) is 0 Å². The van der Waals surface area contributed by atoms with Gasteiger partial charge in [0.1, 0.15) is 11.2 Å². The Balaban J connectivity index is 1.43. The van der Waals surface area contributed by atoms with Gasteiger partial charge in [0.25, 0.3) is 0 Å². The van der Waals surface area contributed by atoms with Crippen molar-refractivity contribution < 1.29 is 4.42 Å². The molecular weight excluding hydrogens is 474 g/mol. The number of rotatable bonds is 1. The number of furan rings is 1. The van der Waals surface area contributed by atoms with E-state index in [-0.39, 0.29) is 5.41 Å². The van der Waals surface area contributed by atoms with Crippen LogP contribution in [-0.2, 0) is 5.41 Å². The number of aromatic nitrogens is 1. The fourth-order valence-corrected chi connectivity index (χ4v) is 7.03. The third-order valence-corrected chi connectivity index (χ3v) is 8.96. The molecule has 2 nitrogen and oxygen atoms in total. The van der Waals surface area contributed by atoms with Gasteiger partial charge in [0.2, 0.25) is 0 Å². The molecule has 0 radical (unpaired) electrons. The molecule has 0 amide bonds. The zero-order valence-corrected chi connectivity index (χ0v) is 21.8. The van der Waals surface area contributed by atoms with Gasteiger partial charge in [-0.1, -0.05) is 80.6 Å². The predicted molar refractivity (Wildman–Crippen MR) is 163 cm³/mol. The van der Waals surface area contributed by atoms with Crippen molar-refractivity contribution in [3.8, 4) is 16.8 Å². The van der Waals surface area contributed by atoms with Gasteiger partial charge in [-0.2, -0.15) is 0 Å². The van der Waals surface area contributed by atoms with Crippen molar-refractivity contribution >= 4 is 54.5 Å². The summed E-state index contributed by atoms with van der Waals surface area (Å²) >= 11 is 0. The van der Waals surface area contributed by atoms with Crippen LogP contribution in [0.5, 0.6) is 0 Å². The van der Waals surface area contributed by atoms with E-state index in [2.05, 4.69) is 122 Å². The van der Waals surface area contributed by atoms with Gasteiger partial charge in [0.05, 0.1) is 11.0 Å². The highest BCUT2D eigenvalue weighted by Crippen LogP contribution is 2.51. The summed E-state index contributed by atoms with van der Waals surface area (Å²) in [6.07, 6.45) is 0. The molecule has 0 N–H and O–H groups in total. The first-order chi connectivity index (χ1) is 19.1. The molecular formula is C37H25NO. The monoisotopic (exact) mass is 499 g/mol. The molecule has 6 aromatic carbocycles. The number of hydrogen-bond acceptors (Lipinski definition) is 1. The topological polar surface area (TPSA) is 18.1 Å². The highest BCUT2D eigenvalue weighted by molar-refractivity contribution is 6.15. The lowest BCUT2D eigenvalue weighted by Gasteiger charge is -2.21. The lowest BCUT2D eigenvalue weighted by atomic mass is 9.82. The fraction of sp³-hybridized carbons (Fsp3) is 0.0811. The van der Waals surface area contributed by atoms with E-state index in [0.717, 1.165) is 27.6 Å². The Labute approximate surface area is 225 Å². The van der Waals surface area contributed by atoms with Gasteiger partial charge in [-0.15, -0.1) is 0 Å². The van der Waals surface area contributed by atoms with E-state index in [1.165, 1.54) is 54.8 Å². The molecule has 2 aromatic heterocycles. The number of fused-ring (bicyclic) bond motifs is 10. The van der Waals surface area contributed by atoms with Crippen molar-refractivity contribution in [2.24, 2.45) is 0 Å². The molecule has 39 heavy (non-hydrogen) atoms. The van der Waals surface area contributed by atoms with Crippen LogP contribution in [0.1, 0.15) is 25.0 Å². The van der Waals surface area contributed by atoms with Crippen LogP contribution in [0.4, 0.5) is 0 Å². The minimum atomic E-state index is -0.0431. The molecule has 0 aliphatic heterocycles. The lowest BCUT2D eigenvalue weighted by Crippen LogP contribution is -2.14. The maximum absolute atomic E-state index is 6.32. The third-order valence-electron chi connectivity index (χ3n) is 8.96. The number of nitrogens with zero attached hydrogens (tertiary/aromatic N) is 1. The van der Waals surface area contributed by atoms with E-state index in [4.69, 9.17) is 4.42 Å². The van der Waals surface area contributed by atoms with Gasteiger partial charge < -0.3 is 8.98 Å². The second kappa shape index (κ2) is 7.18. The SMILES string of the molecule is CC1(C)c2ccccc2-c2cc3c(cc21)c1cc2ccccc2cc1n3-c1ccc2c(c1)oc1ccccc12. The smallest absolute Gasteiger partial charge is 0.137 e. The first-order valence-electron chi connectivity index (χ1n) is 13.6. The molecule has 0 bridgehead atoms. The van der Waals surface area contributed by atoms with E-state index >= 15 is 0 Å². The summed E-state index contributed by atoms with van der Waals surface area (Å²) in [5.41, 5.74) is 10.8. The van der Waals surface area contributed by atoms with Gasteiger partial charge in [-0.05, 0) is 75.5 Å². The molecule has 2 heteroatoms. The minimum absolute atomic E-state index is 0.0431. The van der Waals surface area contributed by atoms with Crippen molar-refractivity contribution in [2.45, 2.75) is 19.3 Å². The normalized spacial score (nSPS) is 14.1. The van der Waals surface area contributed by atoms with Crippen LogP contribution < -0.4 is 0 Å². The number of hydrogen-bond donors (Lipinski definition) is 0. The van der Waals surface area contributed by atoms with Gasteiger partial charge in [0, 0.05) is 38.7 Å². The van der Waals surface area contributed by atoms with Crippen LogP contribution in [0.2, 0.25) is 0 Å². The molecule has 8 aromatic rings. The second-order valence-electron chi connectivity index (χ2n) is 11.4. The van der Waals surface area contributed by atoms with Crippen molar-refractivity contribution in [1.29, 1.82) is 0 Å². The Morgan fingerprint density at radius 3 is 2.10 bits per heavy atom. The molecule has 2 heterocycles. The molecule has 0 saturated heterocycles. The van der Waals surface area contributed by atoms with E-state index in [0.29, 0.717) is 0 Å². The molecule has 0 saturated carbocycles. The maximum atomic E-state index is 6.32. The summed E-state index contributed by atoms with van der Waals surface area (Å²) in [5.74, 6) is 0. The van der Waals surface area contributed by atoms with Crippen LogP contribution in [0.25, 0.3) is 71.3 Å². The predicted octanol–water partition coefficient (Wildman–Crippen LogP) is 10.1. The third kappa shape index (κ3) is 2.71. The molecule has 0 spiro atoms. The Hall–Kier alpha value is -4.82. The molecule has 0 atom stereocenters. The quantitative estimate of drug-likeness (QED) is 0.220. The van der Waals surface area contributed by atoms with E-state index in [9.17, 15) is 0 Å². The largest absolute Gasteiger partial charge is 0.456 e. The van der Waals surface area contributed by atoms with Crippen LogP contribution in [0.3, 0.4) is 0 Å². The second-order valence-corrected chi connectivity index (χ2v) is 11.4. The Bertz CT molecular complexity index is 2310. The van der Waals surface area contributed by atoms with E-state index < -0.39 is 0 Å². The summed E-state index contributed by atoms with van der Waals surface area (Å²) in [6, 6.07) is 42.1. The van der Waals surface area contributed by atoms with Gasteiger partial charge in [-0.25, -0.2) is 0 Å². The highest BCUT2D eigenvalue weighted by Gasteiger charge is 2.36. The average molecular weight is 500 g/mol. The maximum Gasteiger partial charge on any atom is 0.137 e. The molecule has 1 aliphatic rings. The van der Waals surface area contributed by atoms with Gasteiger partial charge >= 0.3 is 0 Å². The van der Waals surface area contributed by atoms with E-state index in [1.807, 2.05) is 12.1 Å². The minimum Gasteiger partial charge on any atom is -0.456 e. The van der Waals surface area contributed by atoms with Crippen molar-refractivity contribution in [3.05, 3.63) is 126 Å². The summed E-state index contributed by atoms with van der Waals surface area (Å²) < 4.78 is 8.75. The lowest BCUT2D eigenvalue weighted by molar-refractivity contribution is 0.661. The van der Waals surface area contributed by atoms with Crippen LogP contribution >= 0.6 is 0 Å². The standard InChI is InChI=1S/C37H25NO/c1-37(2)31-13-7-5-11-25(31)28-21-34-30(20-32(28)37)29-17-22-9-3-4-10-23(22)18-33(29)38(34)24-15-16-27-26-12-6-8-14-35(26)39-36(27)19-24/h3-21H,1-2H3. The van der Waals surface area contributed by atoms with Crippen LogP contribution in [-0.4, -0.2) is 4.57 Å². The van der Waals surface area contributed by atoms with Gasteiger partial charge in [-0.3, -0.25) is 0 Å². The Morgan fingerprint density at radius 2 is 1.21 bits per heavy atom. The Kier molecular flexibility index (Phi) is 3.89. The molecule has 0 fully saturated rings. The summed E-state index contributed by atoms with van der Waals surface area (Å²) in [6.45, 7) is 4.71. The molecule has 0 unspecified atom stereocenters. The Morgan fingerprint density at radius 1 is 0.513 bits per heavy atom. The first-order valence-corrected chi connectivity index (χ1v) is 13.6. The zero-order chi connectivity index (χ0) is 25.9. The molecule has 9 rings (SSSR count). The van der Waals surface area contributed by atoms with Gasteiger partial charge in [0.15, 0.2) is 0 Å². The van der Waals surface area contributed by atoms with Crippen molar-refractivity contribution in [1.82, 2.24) is 4.57 Å². The summed E-state index contributed by atoms with van der Waals surface area (Å²) in [7, 11) is 0. The van der Waals surface area contributed by atoms with E-state index in [1.54, 1.807) is 0 Å². The fourth-order valence-electron chi connectivity index (χ4n) is 7.03. The van der Waals surface area contributed by atoms with Crippen molar-refractivity contribution in [3.63, 3.8) is 0 Å². The number of para-hydroxylation sites is 1. The summed E-state index contributed by atoms with van der Waals surface area (Å²) in [4.78, 5) is 0. The van der Waals surface area contributed by atoms with Crippen LogP contribution in [0.15, 0.2) is 120 Å². The molecule has 1 aliphatic carbocycles. The highest BCUT2D eigenvalue weighted by atomic mass is 16.3. The molecule has 184 valence electrons. The van der Waals surface area contributed by atoms with Crippen LogP contribution in [0, 0.1) is 0 Å². The first kappa shape index (κ1) is 21.2. The number of benzene rings is 6. The summed E-state index contributed by atoms with van der Waals surface area (Å²) in [5, 5.41) is 7.39.